The van der Waals surface area contributed by atoms with Gasteiger partial charge in [-0.3, -0.25) is 4.79 Å². The first-order valence-electron chi connectivity index (χ1n) is 6.48. The molecule has 0 spiro atoms. The van der Waals surface area contributed by atoms with Gasteiger partial charge in [-0.15, -0.1) is 0 Å². The molecule has 6 heteroatoms. The van der Waals surface area contributed by atoms with E-state index in [9.17, 15) is 9.59 Å². The van der Waals surface area contributed by atoms with Gasteiger partial charge < -0.3 is 15.4 Å². The van der Waals surface area contributed by atoms with Crippen molar-refractivity contribution in [3.63, 3.8) is 0 Å². The standard InChI is InChI=1S/C16H11N3O3/c1-22-16(21)11(8-17)14-15(20)19-13-7-10-5-3-2-4-9(10)6-12(13)18-14/h2-7,18H,1H3,(H,19,20)/b14-11+. The predicted octanol–water partition coefficient (Wildman–Crippen LogP) is 2.15. The molecule has 0 aromatic heterocycles. The number of hydrogen-bond donors (Lipinski definition) is 2. The molecule has 2 N–H and O–H groups in total. The van der Waals surface area contributed by atoms with Gasteiger partial charge in [0.25, 0.3) is 5.91 Å². The topological polar surface area (TPSA) is 91.2 Å². The number of nitrogens with one attached hydrogen (secondary N) is 2. The van der Waals surface area contributed by atoms with Crippen LogP contribution in [0.15, 0.2) is 47.7 Å². The highest BCUT2D eigenvalue weighted by Gasteiger charge is 2.27. The van der Waals surface area contributed by atoms with Crippen molar-refractivity contribution in [3.05, 3.63) is 47.7 Å². The van der Waals surface area contributed by atoms with E-state index in [1.807, 2.05) is 36.4 Å². The number of carbonyl (C=O) groups is 2. The third kappa shape index (κ3) is 2.15. The summed E-state index contributed by atoms with van der Waals surface area (Å²) in [5, 5.41) is 16.6. The second kappa shape index (κ2) is 5.22. The second-order valence-corrected chi connectivity index (χ2v) is 4.68. The molecule has 1 heterocycles. The summed E-state index contributed by atoms with van der Waals surface area (Å²) >= 11 is 0. The van der Waals surface area contributed by atoms with Crippen molar-refractivity contribution in [2.24, 2.45) is 0 Å². The average molecular weight is 293 g/mol. The number of hydrogen-bond acceptors (Lipinski definition) is 5. The van der Waals surface area contributed by atoms with Crippen LogP contribution in [0, 0.1) is 11.3 Å². The molecule has 0 fully saturated rings. The minimum Gasteiger partial charge on any atom is -0.465 e. The number of nitriles is 1. The number of ether oxygens (including phenoxy) is 1. The largest absolute Gasteiger partial charge is 0.465 e. The summed E-state index contributed by atoms with van der Waals surface area (Å²) in [5.41, 5.74) is 0.732. The molecule has 0 atom stereocenters. The fraction of sp³-hybridized carbons (Fsp3) is 0.0625. The van der Waals surface area contributed by atoms with Gasteiger partial charge in [0.05, 0.1) is 18.5 Å². The Morgan fingerprint density at radius 3 is 2.27 bits per heavy atom. The van der Waals surface area contributed by atoms with E-state index < -0.39 is 11.9 Å². The van der Waals surface area contributed by atoms with Crippen LogP contribution in [0.4, 0.5) is 11.4 Å². The third-order valence-electron chi connectivity index (χ3n) is 3.37. The fourth-order valence-electron chi connectivity index (χ4n) is 2.31. The number of amides is 1. The lowest BCUT2D eigenvalue weighted by Gasteiger charge is -2.22. The van der Waals surface area contributed by atoms with Gasteiger partial charge in [0.15, 0.2) is 5.57 Å². The molecule has 0 aliphatic carbocycles. The summed E-state index contributed by atoms with van der Waals surface area (Å²) in [5.74, 6) is -1.41. The molecule has 0 bridgehead atoms. The zero-order chi connectivity index (χ0) is 15.7. The van der Waals surface area contributed by atoms with Crippen LogP contribution < -0.4 is 10.6 Å². The van der Waals surface area contributed by atoms with Crippen molar-refractivity contribution in [2.75, 3.05) is 17.7 Å². The van der Waals surface area contributed by atoms with Crippen LogP contribution in [-0.2, 0) is 14.3 Å². The van der Waals surface area contributed by atoms with Crippen LogP contribution >= 0.6 is 0 Å². The third-order valence-corrected chi connectivity index (χ3v) is 3.37. The number of benzene rings is 2. The Balaban J connectivity index is 2.14. The molecule has 0 radical (unpaired) electrons. The maximum absolute atomic E-state index is 12.1. The van der Waals surface area contributed by atoms with Crippen molar-refractivity contribution < 1.29 is 14.3 Å². The highest BCUT2D eigenvalue weighted by molar-refractivity contribution is 6.17. The van der Waals surface area contributed by atoms with Gasteiger partial charge in [-0.25, -0.2) is 4.79 Å². The monoisotopic (exact) mass is 293 g/mol. The number of nitrogens with zero attached hydrogens (tertiary/aromatic N) is 1. The lowest BCUT2D eigenvalue weighted by molar-refractivity contribution is -0.135. The SMILES string of the molecule is COC(=O)/C(C#N)=C1/Nc2cc3ccccc3cc2NC1=O. The van der Waals surface area contributed by atoms with E-state index in [4.69, 9.17) is 5.26 Å². The van der Waals surface area contributed by atoms with Gasteiger partial charge >= 0.3 is 5.97 Å². The maximum Gasteiger partial charge on any atom is 0.350 e. The number of fused-ring (bicyclic) bond motifs is 2. The van der Waals surface area contributed by atoms with E-state index >= 15 is 0 Å². The Hall–Kier alpha value is -3.33. The number of anilines is 2. The minimum absolute atomic E-state index is 0.114. The number of rotatable bonds is 1. The Kier molecular flexibility index (Phi) is 3.24. The molecular weight excluding hydrogens is 282 g/mol. The maximum atomic E-state index is 12.1. The summed E-state index contributed by atoms with van der Waals surface area (Å²) in [4.78, 5) is 23.7. The highest BCUT2D eigenvalue weighted by Crippen LogP contribution is 2.33. The molecular formula is C16H11N3O3. The van der Waals surface area contributed by atoms with Crippen molar-refractivity contribution >= 4 is 34.0 Å². The van der Waals surface area contributed by atoms with Gasteiger partial charge in [-0.05, 0) is 22.9 Å². The van der Waals surface area contributed by atoms with E-state index in [1.165, 1.54) is 0 Å². The molecule has 3 rings (SSSR count). The number of esters is 1. The van der Waals surface area contributed by atoms with Crippen molar-refractivity contribution in [3.8, 4) is 6.07 Å². The van der Waals surface area contributed by atoms with E-state index in [2.05, 4.69) is 15.4 Å². The molecule has 2 aromatic carbocycles. The van der Waals surface area contributed by atoms with E-state index in [1.54, 1.807) is 6.07 Å². The van der Waals surface area contributed by atoms with Crippen LogP contribution in [0.1, 0.15) is 0 Å². The molecule has 22 heavy (non-hydrogen) atoms. The Morgan fingerprint density at radius 1 is 1.14 bits per heavy atom. The van der Waals surface area contributed by atoms with Crippen molar-refractivity contribution in [1.29, 1.82) is 5.26 Å². The summed E-state index contributed by atoms with van der Waals surface area (Å²) in [7, 11) is 1.16. The Labute approximate surface area is 126 Å². The normalized spacial score (nSPS) is 15.2. The van der Waals surface area contributed by atoms with Crippen LogP contribution in [0.3, 0.4) is 0 Å². The molecule has 1 amide bonds. The molecule has 2 aromatic rings. The average Bonchev–Trinajstić information content (AvgIpc) is 2.54. The van der Waals surface area contributed by atoms with Gasteiger partial charge in [0.1, 0.15) is 11.8 Å². The molecule has 0 saturated carbocycles. The molecule has 1 aliphatic heterocycles. The van der Waals surface area contributed by atoms with Crippen LogP contribution in [-0.4, -0.2) is 19.0 Å². The lowest BCUT2D eigenvalue weighted by Crippen LogP contribution is -2.28. The van der Waals surface area contributed by atoms with Crippen molar-refractivity contribution in [2.45, 2.75) is 0 Å². The highest BCUT2D eigenvalue weighted by atomic mass is 16.5. The van der Waals surface area contributed by atoms with E-state index in [-0.39, 0.29) is 11.3 Å². The summed E-state index contributed by atoms with van der Waals surface area (Å²) in [6.07, 6.45) is 0. The van der Waals surface area contributed by atoms with E-state index in [0.717, 1.165) is 17.9 Å². The predicted molar refractivity (Wildman–Crippen MR) is 80.9 cm³/mol. The molecule has 6 nitrogen and oxygen atoms in total. The molecule has 0 unspecified atom stereocenters. The molecule has 108 valence electrons. The van der Waals surface area contributed by atoms with Crippen LogP contribution in [0.2, 0.25) is 0 Å². The number of methoxy groups -OCH3 is 1. The van der Waals surface area contributed by atoms with Gasteiger partial charge in [-0.2, -0.15) is 5.26 Å². The minimum atomic E-state index is -0.857. The van der Waals surface area contributed by atoms with Gasteiger partial charge in [0.2, 0.25) is 0 Å². The first-order valence-corrected chi connectivity index (χ1v) is 6.48. The number of carbonyl (C=O) groups excluding carboxylic acids is 2. The van der Waals surface area contributed by atoms with Crippen LogP contribution in [0.5, 0.6) is 0 Å². The van der Waals surface area contributed by atoms with Gasteiger partial charge in [0, 0.05) is 0 Å². The second-order valence-electron chi connectivity index (χ2n) is 4.68. The van der Waals surface area contributed by atoms with Gasteiger partial charge in [-0.1, -0.05) is 24.3 Å². The fourth-order valence-corrected chi connectivity index (χ4v) is 2.31. The summed E-state index contributed by atoms with van der Waals surface area (Å²) < 4.78 is 4.52. The zero-order valence-corrected chi connectivity index (χ0v) is 11.6. The lowest BCUT2D eigenvalue weighted by atomic mass is 10.1. The van der Waals surface area contributed by atoms with Crippen LogP contribution in [0.25, 0.3) is 10.8 Å². The summed E-state index contributed by atoms with van der Waals surface area (Å²) in [6, 6.07) is 13.1. The first kappa shape index (κ1) is 13.6. The van der Waals surface area contributed by atoms with E-state index in [0.29, 0.717) is 11.4 Å². The molecule has 1 aliphatic rings. The summed E-state index contributed by atoms with van der Waals surface area (Å²) in [6.45, 7) is 0. The Bertz CT molecular complexity index is 878. The molecule has 0 saturated heterocycles. The Morgan fingerprint density at radius 2 is 1.73 bits per heavy atom. The zero-order valence-electron chi connectivity index (χ0n) is 11.6. The first-order chi connectivity index (χ1) is 10.6. The smallest absolute Gasteiger partial charge is 0.350 e. The quantitative estimate of drug-likeness (QED) is 0.477. The van der Waals surface area contributed by atoms with Crippen molar-refractivity contribution in [1.82, 2.24) is 0 Å².